The minimum Gasteiger partial charge on any atom is -0.352 e. The van der Waals surface area contributed by atoms with Crippen LogP contribution in [0.4, 0.5) is 0 Å². The van der Waals surface area contributed by atoms with Crippen LogP contribution in [0.5, 0.6) is 0 Å². The maximum Gasteiger partial charge on any atom is 0.251 e. The van der Waals surface area contributed by atoms with Gasteiger partial charge >= 0.3 is 0 Å². The Morgan fingerprint density at radius 1 is 1.24 bits per heavy atom. The standard InChI is InChI=1S/C13H18BrNOS/c1-17-12-7-5-11(6-8-12)13(16)15-10-4-2-3-9-14/h5-8H,2-4,9-10H2,1H3,(H,15,16). The second-order valence-corrected chi connectivity index (χ2v) is 5.41. The third kappa shape index (κ3) is 5.59. The summed E-state index contributed by atoms with van der Waals surface area (Å²) in [6.45, 7) is 0.760. The van der Waals surface area contributed by atoms with E-state index in [1.165, 1.54) is 4.90 Å². The predicted molar refractivity (Wildman–Crippen MR) is 78.2 cm³/mol. The number of thioether (sulfide) groups is 1. The van der Waals surface area contributed by atoms with Gasteiger partial charge in [0.25, 0.3) is 5.91 Å². The second kappa shape index (κ2) is 8.59. The molecule has 1 rings (SSSR count). The van der Waals surface area contributed by atoms with Gasteiger partial charge in [0, 0.05) is 22.3 Å². The molecule has 1 amide bonds. The van der Waals surface area contributed by atoms with Crippen molar-refractivity contribution in [1.82, 2.24) is 5.32 Å². The van der Waals surface area contributed by atoms with E-state index in [0.717, 1.165) is 36.7 Å². The summed E-state index contributed by atoms with van der Waals surface area (Å²) in [5.41, 5.74) is 0.739. The Morgan fingerprint density at radius 2 is 1.94 bits per heavy atom. The monoisotopic (exact) mass is 315 g/mol. The van der Waals surface area contributed by atoms with E-state index < -0.39 is 0 Å². The fourth-order valence-corrected chi connectivity index (χ4v) is 2.25. The van der Waals surface area contributed by atoms with Crippen LogP contribution in [0.25, 0.3) is 0 Å². The molecule has 0 heterocycles. The molecular weight excluding hydrogens is 298 g/mol. The van der Waals surface area contributed by atoms with Gasteiger partial charge in [-0.15, -0.1) is 11.8 Å². The lowest BCUT2D eigenvalue weighted by Crippen LogP contribution is -2.24. The number of alkyl halides is 1. The number of carbonyl (C=O) groups excluding carboxylic acids is 1. The van der Waals surface area contributed by atoms with Crippen LogP contribution in [0.3, 0.4) is 0 Å². The molecule has 1 N–H and O–H groups in total. The van der Waals surface area contributed by atoms with E-state index in [1.807, 2.05) is 30.5 Å². The summed E-state index contributed by atoms with van der Waals surface area (Å²) < 4.78 is 0. The number of amides is 1. The van der Waals surface area contributed by atoms with Gasteiger partial charge in [0.2, 0.25) is 0 Å². The summed E-state index contributed by atoms with van der Waals surface area (Å²) in [6.07, 6.45) is 5.38. The second-order valence-electron chi connectivity index (χ2n) is 3.73. The van der Waals surface area contributed by atoms with Crippen LogP contribution in [-0.4, -0.2) is 24.0 Å². The summed E-state index contributed by atoms with van der Waals surface area (Å²) in [4.78, 5) is 12.9. The average Bonchev–Trinajstić information content (AvgIpc) is 2.38. The predicted octanol–water partition coefficient (Wildman–Crippen LogP) is 3.70. The van der Waals surface area contributed by atoms with E-state index in [4.69, 9.17) is 0 Å². The summed E-state index contributed by atoms with van der Waals surface area (Å²) in [5.74, 6) is 0.0245. The van der Waals surface area contributed by atoms with Crippen LogP contribution in [0.15, 0.2) is 29.2 Å². The Bertz CT molecular complexity index is 340. The first-order valence-electron chi connectivity index (χ1n) is 5.76. The number of nitrogens with one attached hydrogen (secondary N) is 1. The Balaban J connectivity index is 2.31. The molecule has 2 nitrogen and oxygen atoms in total. The highest BCUT2D eigenvalue weighted by atomic mass is 79.9. The number of carbonyl (C=O) groups is 1. The van der Waals surface area contributed by atoms with Gasteiger partial charge in [0.15, 0.2) is 0 Å². The smallest absolute Gasteiger partial charge is 0.251 e. The molecular formula is C13H18BrNOS. The zero-order valence-corrected chi connectivity index (χ0v) is 12.4. The van der Waals surface area contributed by atoms with Crippen molar-refractivity contribution in [2.45, 2.75) is 24.2 Å². The molecule has 0 fully saturated rings. The van der Waals surface area contributed by atoms with Gasteiger partial charge in [-0.25, -0.2) is 0 Å². The van der Waals surface area contributed by atoms with Crippen molar-refractivity contribution < 1.29 is 4.79 Å². The molecule has 0 aliphatic carbocycles. The highest BCUT2D eigenvalue weighted by Gasteiger charge is 2.03. The molecule has 0 aliphatic rings. The molecule has 0 bridgehead atoms. The number of unbranched alkanes of at least 4 members (excludes halogenated alkanes) is 2. The van der Waals surface area contributed by atoms with Crippen LogP contribution < -0.4 is 5.32 Å². The number of benzene rings is 1. The van der Waals surface area contributed by atoms with E-state index in [-0.39, 0.29) is 5.91 Å². The normalized spacial score (nSPS) is 10.2. The average molecular weight is 316 g/mol. The molecule has 0 aromatic heterocycles. The first-order chi connectivity index (χ1) is 8.27. The minimum absolute atomic E-state index is 0.0245. The van der Waals surface area contributed by atoms with Gasteiger partial charge in [-0.3, -0.25) is 4.79 Å². The molecule has 0 saturated heterocycles. The SMILES string of the molecule is CSc1ccc(C(=O)NCCCCCBr)cc1. The molecule has 0 unspecified atom stereocenters. The van der Waals surface area contributed by atoms with Crippen molar-refractivity contribution in [2.75, 3.05) is 18.1 Å². The van der Waals surface area contributed by atoms with Crippen molar-refractivity contribution >= 4 is 33.6 Å². The third-order valence-corrected chi connectivity index (χ3v) is 3.75. The van der Waals surface area contributed by atoms with Crippen molar-refractivity contribution in [2.24, 2.45) is 0 Å². The first-order valence-corrected chi connectivity index (χ1v) is 8.10. The zero-order chi connectivity index (χ0) is 12.5. The van der Waals surface area contributed by atoms with Gasteiger partial charge in [-0.05, 0) is 43.4 Å². The van der Waals surface area contributed by atoms with Gasteiger partial charge in [0.1, 0.15) is 0 Å². The molecule has 4 heteroatoms. The summed E-state index contributed by atoms with van der Waals surface area (Å²) in [5, 5.41) is 3.97. The Hall–Kier alpha value is -0.480. The first kappa shape index (κ1) is 14.6. The number of rotatable bonds is 7. The molecule has 0 aliphatic heterocycles. The Labute approximate surface area is 116 Å². The van der Waals surface area contributed by atoms with Crippen LogP contribution in [0.2, 0.25) is 0 Å². The van der Waals surface area contributed by atoms with Crippen LogP contribution >= 0.6 is 27.7 Å². The number of halogens is 1. The Kier molecular flexibility index (Phi) is 7.37. The third-order valence-electron chi connectivity index (χ3n) is 2.45. The zero-order valence-electron chi connectivity index (χ0n) is 10.0. The minimum atomic E-state index is 0.0245. The van der Waals surface area contributed by atoms with Crippen LogP contribution in [0.1, 0.15) is 29.6 Å². The molecule has 0 spiro atoms. The molecule has 0 radical (unpaired) electrons. The Morgan fingerprint density at radius 3 is 2.53 bits per heavy atom. The topological polar surface area (TPSA) is 29.1 Å². The fraction of sp³-hybridized carbons (Fsp3) is 0.462. The highest BCUT2D eigenvalue weighted by Crippen LogP contribution is 2.14. The summed E-state index contributed by atoms with van der Waals surface area (Å²) in [7, 11) is 0. The molecule has 0 saturated carbocycles. The summed E-state index contributed by atoms with van der Waals surface area (Å²) in [6, 6.07) is 7.70. The van der Waals surface area contributed by atoms with E-state index in [0.29, 0.717) is 0 Å². The van der Waals surface area contributed by atoms with Gasteiger partial charge < -0.3 is 5.32 Å². The van der Waals surface area contributed by atoms with Crippen LogP contribution in [0, 0.1) is 0 Å². The number of hydrogen-bond donors (Lipinski definition) is 1. The molecule has 0 atom stereocenters. The van der Waals surface area contributed by atoms with E-state index in [1.54, 1.807) is 11.8 Å². The lowest BCUT2D eigenvalue weighted by Gasteiger charge is -2.05. The fourth-order valence-electron chi connectivity index (χ4n) is 1.44. The lowest BCUT2D eigenvalue weighted by molar-refractivity contribution is 0.0953. The summed E-state index contributed by atoms with van der Waals surface area (Å²) >= 11 is 5.07. The quantitative estimate of drug-likeness (QED) is 0.472. The van der Waals surface area contributed by atoms with Gasteiger partial charge in [-0.1, -0.05) is 22.4 Å². The molecule has 1 aromatic rings. The largest absolute Gasteiger partial charge is 0.352 e. The van der Waals surface area contributed by atoms with Crippen molar-refractivity contribution in [3.8, 4) is 0 Å². The number of hydrogen-bond acceptors (Lipinski definition) is 2. The van der Waals surface area contributed by atoms with E-state index in [9.17, 15) is 4.79 Å². The van der Waals surface area contributed by atoms with E-state index in [2.05, 4.69) is 21.2 Å². The molecule has 1 aromatic carbocycles. The highest BCUT2D eigenvalue weighted by molar-refractivity contribution is 9.09. The van der Waals surface area contributed by atoms with Crippen molar-refractivity contribution in [1.29, 1.82) is 0 Å². The van der Waals surface area contributed by atoms with Gasteiger partial charge in [-0.2, -0.15) is 0 Å². The van der Waals surface area contributed by atoms with Crippen molar-refractivity contribution in [3.05, 3.63) is 29.8 Å². The molecule has 17 heavy (non-hydrogen) atoms. The van der Waals surface area contributed by atoms with E-state index >= 15 is 0 Å². The lowest BCUT2D eigenvalue weighted by atomic mass is 10.2. The van der Waals surface area contributed by atoms with Gasteiger partial charge in [0.05, 0.1) is 0 Å². The maximum atomic E-state index is 11.7. The maximum absolute atomic E-state index is 11.7. The van der Waals surface area contributed by atoms with Crippen LogP contribution in [-0.2, 0) is 0 Å². The molecule has 94 valence electrons. The van der Waals surface area contributed by atoms with Crippen molar-refractivity contribution in [3.63, 3.8) is 0 Å².